The zero-order chi connectivity index (χ0) is 44.5. The Morgan fingerprint density at radius 1 is 0.633 bits per heavy atom. The molecular weight excluding hydrogens is 791 g/mol. The van der Waals surface area contributed by atoms with Crippen molar-refractivity contribution in [3.05, 3.63) is 97.2 Å². The van der Waals surface area contributed by atoms with E-state index >= 15 is 0 Å². The topological polar surface area (TPSA) is 210 Å². The lowest BCUT2D eigenvalue weighted by atomic mass is 10.1. The van der Waals surface area contributed by atoms with Crippen LogP contribution in [0, 0.1) is 0 Å². The minimum absolute atomic E-state index is 0.0544. The number of aliphatic hydroxyl groups excluding tert-OH is 5. The van der Waals surface area contributed by atoms with Gasteiger partial charge in [0.1, 0.15) is 12.7 Å². The Kier molecular flexibility index (Phi) is 37.7. The summed E-state index contributed by atoms with van der Waals surface area (Å²) in [6.07, 6.45) is 37.4. The maximum atomic E-state index is 12.6. The van der Waals surface area contributed by atoms with Crippen molar-refractivity contribution >= 4 is 19.8 Å². The van der Waals surface area contributed by atoms with Crippen LogP contribution in [0.1, 0.15) is 123 Å². The predicted octanol–water partition coefficient (Wildman–Crippen LogP) is 8.13. The fraction of sp³-hybridized carbons (Fsp3) is 0.609. The molecule has 0 aliphatic heterocycles. The van der Waals surface area contributed by atoms with Gasteiger partial charge in [-0.05, 0) is 70.6 Å². The molecule has 0 saturated carbocycles. The molecule has 342 valence electrons. The van der Waals surface area contributed by atoms with Crippen molar-refractivity contribution in [3.63, 3.8) is 0 Å². The second kappa shape index (κ2) is 39.9. The van der Waals surface area contributed by atoms with E-state index < -0.39 is 76.7 Å². The minimum atomic E-state index is -4.73. The summed E-state index contributed by atoms with van der Waals surface area (Å²) in [6, 6.07) is 0. The standard InChI is InChI=1S/C46H75O13P/c1-3-5-7-8-9-10-11-12-13-14-15-16-17-18-19-24-28-34-45(52)56-38-42(39-58-60(54,55)57-37-41(49)36-47)59-46(53)35-29-33-44(51)43(50)32-27-23-21-20-22-26-31-40(48)30-25-6-4-2/h6,9-10,12-13,15-16,20-23,25-27,31-32,40-44,47-51H,3-5,7-8,11,14,17-19,24,28-30,33-39H2,1-2H3,(H,54,55)/b10-9-,13-12-,16-15-,22-20+,23-21-,25-6-,31-26+,32-27-/t40-,41-,42+,43+,44+/m0/s1. The average Bonchev–Trinajstić information content (AvgIpc) is 3.22. The first kappa shape index (κ1) is 56.8. The van der Waals surface area contributed by atoms with E-state index in [0.717, 1.165) is 51.4 Å². The third-order valence-electron chi connectivity index (χ3n) is 8.57. The summed E-state index contributed by atoms with van der Waals surface area (Å²) in [5.74, 6) is -1.29. The Hall–Kier alpha value is -3.23. The Labute approximate surface area is 359 Å². The summed E-state index contributed by atoms with van der Waals surface area (Å²) in [6.45, 7) is 1.71. The van der Waals surface area contributed by atoms with Gasteiger partial charge in [0, 0.05) is 12.8 Å². The van der Waals surface area contributed by atoms with Gasteiger partial charge in [-0.3, -0.25) is 18.6 Å². The first-order chi connectivity index (χ1) is 28.9. The van der Waals surface area contributed by atoms with Crippen LogP contribution in [0.25, 0.3) is 0 Å². The molecular formula is C46H75O13P. The molecule has 0 radical (unpaired) electrons. The van der Waals surface area contributed by atoms with Crippen LogP contribution in [0.5, 0.6) is 0 Å². The number of ether oxygens (including phenoxy) is 2. The van der Waals surface area contributed by atoms with Crippen LogP contribution in [0.2, 0.25) is 0 Å². The lowest BCUT2D eigenvalue weighted by Gasteiger charge is -2.20. The highest BCUT2D eigenvalue weighted by atomic mass is 31.2. The van der Waals surface area contributed by atoms with Crippen molar-refractivity contribution in [1.29, 1.82) is 0 Å². The van der Waals surface area contributed by atoms with Crippen molar-refractivity contribution in [2.24, 2.45) is 0 Å². The molecule has 0 heterocycles. The minimum Gasteiger partial charge on any atom is -0.462 e. The summed E-state index contributed by atoms with van der Waals surface area (Å²) < 4.78 is 32.4. The molecule has 0 aromatic carbocycles. The van der Waals surface area contributed by atoms with Gasteiger partial charge in [0.15, 0.2) is 6.10 Å². The molecule has 0 aliphatic carbocycles. The molecule has 0 bridgehead atoms. The molecule has 14 heteroatoms. The largest absolute Gasteiger partial charge is 0.472 e. The summed E-state index contributed by atoms with van der Waals surface area (Å²) in [5.41, 5.74) is 0. The monoisotopic (exact) mass is 866 g/mol. The molecule has 1 unspecified atom stereocenters. The Morgan fingerprint density at radius 3 is 1.87 bits per heavy atom. The normalized spacial score (nSPS) is 16.3. The summed E-state index contributed by atoms with van der Waals surface area (Å²) in [7, 11) is -4.73. The average molecular weight is 867 g/mol. The number of carbonyl (C=O) groups is 2. The van der Waals surface area contributed by atoms with Crippen molar-refractivity contribution in [2.75, 3.05) is 26.4 Å². The number of esters is 2. The van der Waals surface area contributed by atoms with E-state index in [0.29, 0.717) is 12.8 Å². The smallest absolute Gasteiger partial charge is 0.462 e. The summed E-state index contributed by atoms with van der Waals surface area (Å²) >= 11 is 0. The second-order valence-electron chi connectivity index (χ2n) is 14.2. The number of allylic oxidation sites excluding steroid dienone is 13. The van der Waals surface area contributed by atoms with Crippen LogP contribution in [0.3, 0.4) is 0 Å². The van der Waals surface area contributed by atoms with Crippen LogP contribution < -0.4 is 0 Å². The van der Waals surface area contributed by atoms with Gasteiger partial charge in [0.25, 0.3) is 0 Å². The highest BCUT2D eigenvalue weighted by Gasteiger charge is 2.27. The fourth-order valence-corrected chi connectivity index (χ4v) is 5.89. The third-order valence-corrected chi connectivity index (χ3v) is 9.52. The van der Waals surface area contributed by atoms with Crippen molar-refractivity contribution in [1.82, 2.24) is 0 Å². The number of rotatable bonds is 38. The molecule has 0 aromatic rings. The van der Waals surface area contributed by atoms with Gasteiger partial charge < -0.3 is 39.9 Å². The predicted molar refractivity (Wildman–Crippen MR) is 237 cm³/mol. The van der Waals surface area contributed by atoms with E-state index in [4.69, 9.17) is 19.1 Å². The first-order valence-corrected chi connectivity index (χ1v) is 23.0. The van der Waals surface area contributed by atoms with Crippen molar-refractivity contribution in [2.45, 2.75) is 154 Å². The highest BCUT2D eigenvalue weighted by molar-refractivity contribution is 7.47. The van der Waals surface area contributed by atoms with Crippen molar-refractivity contribution in [3.8, 4) is 0 Å². The van der Waals surface area contributed by atoms with Gasteiger partial charge in [-0.2, -0.15) is 0 Å². The van der Waals surface area contributed by atoms with E-state index in [2.05, 4.69) is 47.9 Å². The van der Waals surface area contributed by atoms with Crippen LogP contribution in [0.4, 0.5) is 0 Å². The van der Waals surface area contributed by atoms with Crippen LogP contribution in [0.15, 0.2) is 97.2 Å². The maximum absolute atomic E-state index is 12.6. The molecule has 6 atom stereocenters. The van der Waals surface area contributed by atoms with Crippen LogP contribution in [-0.4, -0.2) is 99.3 Å². The first-order valence-electron chi connectivity index (χ1n) is 21.5. The molecule has 13 nitrogen and oxygen atoms in total. The zero-order valence-corrected chi connectivity index (χ0v) is 36.9. The number of aliphatic hydroxyl groups is 5. The number of hydrogen-bond acceptors (Lipinski definition) is 12. The van der Waals surface area contributed by atoms with Gasteiger partial charge in [-0.15, -0.1) is 0 Å². The highest BCUT2D eigenvalue weighted by Crippen LogP contribution is 2.43. The van der Waals surface area contributed by atoms with Gasteiger partial charge in [-0.1, -0.05) is 137 Å². The number of hydrogen-bond donors (Lipinski definition) is 6. The number of phosphoric acid groups is 1. The van der Waals surface area contributed by atoms with Gasteiger partial charge in [0.05, 0.1) is 38.1 Å². The lowest BCUT2D eigenvalue weighted by molar-refractivity contribution is -0.161. The molecule has 0 fully saturated rings. The second-order valence-corrected chi connectivity index (χ2v) is 15.7. The maximum Gasteiger partial charge on any atom is 0.472 e. The van der Waals surface area contributed by atoms with E-state index in [9.17, 15) is 39.5 Å². The molecule has 0 rings (SSSR count). The SMILES string of the molecule is CC/C=C\C[C@H](O)/C=C/C=C/C=C\C=C/[C@@H](O)[C@H](O)CCCC(=O)O[C@H](COC(=O)CCCCCC/C=C\C/C=C\C/C=C\CCCCC)COP(=O)(O)OC[C@@H](O)CO. The van der Waals surface area contributed by atoms with E-state index in [-0.39, 0.29) is 25.7 Å². The fourth-order valence-electron chi connectivity index (χ4n) is 5.10. The van der Waals surface area contributed by atoms with Gasteiger partial charge in [0.2, 0.25) is 0 Å². The number of unbranched alkanes of at least 4 members (excludes halogenated alkanes) is 7. The number of phosphoric ester groups is 1. The van der Waals surface area contributed by atoms with E-state index in [1.807, 2.05) is 19.1 Å². The third kappa shape index (κ3) is 37.7. The summed E-state index contributed by atoms with van der Waals surface area (Å²) in [5, 5.41) is 48.8. The molecule has 0 aliphatic rings. The number of carbonyl (C=O) groups excluding carboxylic acids is 2. The Balaban J connectivity index is 4.70. The van der Waals surface area contributed by atoms with Gasteiger partial charge >= 0.3 is 19.8 Å². The van der Waals surface area contributed by atoms with E-state index in [1.54, 1.807) is 42.5 Å². The molecule has 0 saturated heterocycles. The van der Waals surface area contributed by atoms with Crippen molar-refractivity contribution < 1.29 is 63.1 Å². The molecule has 0 spiro atoms. The molecule has 60 heavy (non-hydrogen) atoms. The Bertz CT molecular complexity index is 1370. The van der Waals surface area contributed by atoms with Crippen LogP contribution >= 0.6 is 7.82 Å². The molecule has 0 aromatic heterocycles. The lowest BCUT2D eigenvalue weighted by Crippen LogP contribution is -2.30. The Morgan fingerprint density at radius 2 is 1.22 bits per heavy atom. The van der Waals surface area contributed by atoms with Crippen LogP contribution in [-0.2, 0) is 32.7 Å². The zero-order valence-electron chi connectivity index (χ0n) is 36.0. The van der Waals surface area contributed by atoms with Gasteiger partial charge in [-0.25, -0.2) is 4.57 Å². The summed E-state index contributed by atoms with van der Waals surface area (Å²) in [4.78, 5) is 35.0. The molecule has 0 amide bonds. The quantitative estimate of drug-likeness (QED) is 0.0114. The molecule has 6 N–H and O–H groups in total. The van der Waals surface area contributed by atoms with E-state index in [1.165, 1.54) is 25.3 Å².